The van der Waals surface area contributed by atoms with Gasteiger partial charge in [-0.05, 0) is 37.7 Å². The number of nitrogens with one attached hydrogen (secondary N) is 1. The number of nitrogens with zero attached hydrogens (tertiary/aromatic N) is 3. The van der Waals surface area contributed by atoms with Gasteiger partial charge in [0, 0.05) is 13.0 Å². The molecule has 0 atom stereocenters. The normalized spacial score (nSPS) is 10.9. The molecule has 0 aliphatic heterocycles. The lowest BCUT2D eigenvalue weighted by atomic mass is 10.2. The average Bonchev–Trinajstić information content (AvgIpc) is 2.76. The van der Waals surface area contributed by atoms with Gasteiger partial charge in [-0.25, -0.2) is 4.98 Å². The topological polar surface area (TPSA) is 55.7 Å². The Bertz CT molecular complexity index is 523. The third kappa shape index (κ3) is 3.05. The van der Waals surface area contributed by atoms with Crippen molar-refractivity contribution in [1.82, 2.24) is 14.9 Å². The van der Waals surface area contributed by atoms with E-state index in [1.165, 1.54) is 5.56 Å². The van der Waals surface area contributed by atoms with Crippen LogP contribution in [0.25, 0.3) is 11.0 Å². The van der Waals surface area contributed by atoms with E-state index >= 15 is 0 Å². The predicted octanol–water partition coefficient (Wildman–Crippen LogP) is 2.30. The summed E-state index contributed by atoms with van der Waals surface area (Å²) < 4.78 is 0. The Morgan fingerprint density at radius 3 is 3.18 bits per heavy atom. The van der Waals surface area contributed by atoms with Crippen molar-refractivity contribution < 1.29 is 0 Å². The van der Waals surface area contributed by atoms with Crippen LogP contribution in [-0.2, 0) is 6.54 Å². The summed E-state index contributed by atoms with van der Waals surface area (Å²) in [7, 11) is 2.08. The summed E-state index contributed by atoms with van der Waals surface area (Å²) in [5.41, 5.74) is 3.34. The highest BCUT2D eigenvalue weighted by Crippen LogP contribution is 2.13. The summed E-state index contributed by atoms with van der Waals surface area (Å²) in [6.45, 7) is 1.86. The van der Waals surface area contributed by atoms with E-state index in [9.17, 15) is 0 Å². The van der Waals surface area contributed by atoms with Crippen molar-refractivity contribution in [2.24, 2.45) is 0 Å². The second-order valence-electron chi connectivity index (χ2n) is 4.25. The lowest BCUT2D eigenvalue weighted by molar-refractivity contribution is 0.324. The van der Waals surface area contributed by atoms with Crippen LogP contribution in [-0.4, -0.2) is 28.5 Å². The number of aromatic nitrogens is 2. The van der Waals surface area contributed by atoms with E-state index in [0.717, 1.165) is 30.5 Å². The SMILES string of the molecule is CN(CCCC#N)Cc1ccc2nc[nH]c2c1. The van der Waals surface area contributed by atoms with Gasteiger partial charge in [0.25, 0.3) is 0 Å². The Hall–Kier alpha value is -1.86. The van der Waals surface area contributed by atoms with Gasteiger partial charge in [-0.3, -0.25) is 0 Å². The van der Waals surface area contributed by atoms with Crippen LogP contribution in [0.15, 0.2) is 24.5 Å². The van der Waals surface area contributed by atoms with Crippen LogP contribution in [0.5, 0.6) is 0 Å². The fourth-order valence-corrected chi connectivity index (χ4v) is 1.90. The van der Waals surface area contributed by atoms with Gasteiger partial charge in [-0.15, -0.1) is 0 Å². The largest absolute Gasteiger partial charge is 0.345 e. The zero-order chi connectivity index (χ0) is 12.1. The van der Waals surface area contributed by atoms with Crippen molar-refractivity contribution >= 4 is 11.0 Å². The quantitative estimate of drug-likeness (QED) is 0.799. The lowest BCUT2D eigenvalue weighted by Crippen LogP contribution is -2.18. The first-order valence-electron chi connectivity index (χ1n) is 5.77. The number of aromatic amines is 1. The molecule has 2 aromatic rings. The number of unbranched alkanes of at least 4 members (excludes halogenated alkanes) is 1. The van der Waals surface area contributed by atoms with Gasteiger partial charge in [0.05, 0.1) is 23.4 Å². The molecule has 4 heteroatoms. The van der Waals surface area contributed by atoms with Crippen LogP contribution in [0.2, 0.25) is 0 Å². The van der Waals surface area contributed by atoms with Gasteiger partial charge < -0.3 is 9.88 Å². The van der Waals surface area contributed by atoms with Gasteiger partial charge in [-0.1, -0.05) is 6.07 Å². The molecule has 1 aromatic heterocycles. The van der Waals surface area contributed by atoms with Crippen LogP contribution < -0.4 is 0 Å². The van der Waals surface area contributed by atoms with Gasteiger partial charge in [0.1, 0.15) is 0 Å². The maximum Gasteiger partial charge on any atom is 0.0931 e. The van der Waals surface area contributed by atoms with E-state index in [2.05, 4.69) is 40.1 Å². The maximum atomic E-state index is 8.48. The minimum absolute atomic E-state index is 0.629. The summed E-state index contributed by atoms with van der Waals surface area (Å²) in [6, 6.07) is 8.43. The molecule has 0 amide bonds. The molecule has 0 aliphatic rings. The number of hydrogen-bond donors (Lipinski definition) is 1. The molecule has 0 unspecified atom stereocenters. The monoisotopic (exact) mass is 228 g/mol. The van der Waals surface area contributed by atoms with Crippen molar-refractivity contribution in [3.63, 3.8) is 0 Å². The van der Waals surface area contributed by atoms with E-state index in [0.29, 0.717) is 6.42 Å². The van der Waals surface area contributed by atoms with E-state index in [1.807, 2.05) is 6.07 Å². The van der Waals surface area contributed by atoms with Gasteiger partial charge >= 0.3 is 0 Å². The molecule has 0 saturated heterocycles. The Morgan fingerprint density at radius 2 is 2.35 bits per heavy atom. The smallest absolute Gasteiger partial charge is 0.0931 e. The maximum absolute atomic E-state index is 8.48. The Kier molecular flexibility index (Phi) is 3.73. The van der Waals surface area contributed by atoms with Crippen LogP contribution in [0.1, 0.15) is 18.4 Å². The molecular formula is C13H16N4. The minimum Gasteiger partial charge on any atom is -0.345 e. The van der Waals surface area contributed by atoms with Crippen LogP contribution in [0.4, 0.5) is 0 Å². The third-order valence-electron chi connectivity index (χ3n) is 2.77. The Morgan fingerprint density at radius 1 is 1.47 bits per heavy atom. The highest BCUT2D eigenvalue weighted by atomic mass is 15.1. The molecule has 1 heterocycles. The summed E-state index contributed by atoms with van der Waals surface area (Å²) in [6.07, 6.45) is 3.27. The number of rotatable bonds is 5. The highest BCUT2D eigenvalue weighted by Gasteiger charge is 2.02. The fourth-order valence-electron chi connectivity index (χ4n) is 1.90. The molecule has 88 valence electrons. The molecule has 2 rings (SSSR count). The van der Waals surface area contributed by atoms with Crippen LogP contribution >= 0.6 is 0 Å². The lowest BCUT2D eigenvalue weighted by Gasteiger charge is -2.15. The number of benzene rings is 1. The van der Waals surface area contributed by atoms with Crippen LogP contribution in [0.3, 0.4) is 0 Å². The second-order valence-corrected chi connectivity index (χ2v) is 4.25. The Labute approximate surface area is 101 Å². The van der Waals surface area contributed by atoms with E-state index in [4.69, 9.17) is 5.26 Å². The van der Waals surface area contributed by atoms with Crippen molar-refractivity contribution in [3.8, 4) is 6.07 Å². The molecule has 0 spiro atoms. The predicted molar refractivity (Wildman–Crippen MR) is 67.3 cm³/mol. The molecule has 0 bridgehead atoms. The van der Waals surface area contributed by atoms with Crippen molar-refractivity contribution in [2.45, 2.75) is 19.4 Å². The van der Waals surface area contributed by atoms with Crippen LogP contribution in [0, 0.1) is 11.3 Å². The summed E-state index contributed by atoms with van der Waals surface area (Å²) >= 11 is 0. The van der Waals surface area contributed by atoms with Gasteiger partial charge in [-0.2, -0.15) is 5.26 Å². The zero-order valence-corrected chi connectivity index (χ0v) is 9.98. The number of fused-ring (bicyclic) bond motifs is 1. The molecular weight excluding hydrogens is 212 g/mol. The molecule has 0 aliphatic carbocycles. The third-order valence-corrected chi connectivity index (χ3v) is 2.77. The number of H-pyrrole nitrogens is 1. The zero-order valence-electron chi connectivity index (χ0n) is 9.98. The molecule has 4 nitrogen and oxygen atoms in total. The van der Waals surface area contributed by atoms with Crippen molar-refractivity contribution in [3.05, 3.63) is 30.1 Å². The fraction of sp³-hybridized carbons (Fsp3) is 0.385. The highest BCUT2D eigenvalue weighted by molar-refractivity contribution is 5.74. The molecule has 0 saturated carbocycles. The molecule has 0 fully saturated rings. The van der Waals surface area contributed by atoms with E-state index < -0.39 is 0 Å². The first-order valence-corrected chi connectivity index (χ1v) is 5.77. The average molecular weight is 228 g/mol. The standard InChI is InChI=1S/C13H16N4/c1-17(7-3-2-6-14)9-11-4-5-12-13(8-11)16-10-15-12/h4-5,8,10H,2-3,7,9H2,1H3,(H,15,16). The molecule has 17 heavy (non-hydrogen) atoms. The minimum atomic E-state index is 0.629. The Balaban J connectivity index is 1.95. The van der Waals surface area contributed by atoms with Crippen molar-refractivity contribution in [2.75, 3.05) is 13.6 Å². The van der Waals surface area contributed by atoms with E-state index in [-0.39, 0.29) is 0 Å². The first kappa shape index (κ1) is 11.6. The summed E-state index contributed by atoms with van der Waals surface area (Å²) in [5, 5.41) is 8.48. The molecule has 1 N–H and O–H groups in total. The van der Waals surface area contributed by atoms with E-state index in [1.54, 1.807) is 6.33 Å². The molecule has 1 aromatic carbocycles. The summed E-state index contributed by atoms with van der Waals surface area (Å²) in [4.78, 5) is 9.54. The number of nitriles is 1. The van der Waals surface area contributed by atoms with Crippen molar-refractivity contribution in [1.29, 1.82) is 5.26 Å². The van der Waals surface area contributed by atoms with Gasteiger partial charge in [0.2, 0.25) is 0 Å². The number of imidazole rings is 1. The summed E-state index contributed by atoms with van der Waals surface area (Å²) in [5.74, 6) is 0. The number of hydrogen-bond acceptors (Lipinski definition) is 3. The first-order chi connectivity index (χ1) is 8.29. The van der Waals surface area contributed by atoms with Gasteiger partial charge in [0.15, 0.2) is 0 Å². The second kappa shape index (κ2) is 5.46. The molecule has 0 radical (unpaired) electrons.